The molecule has 8 nitrogen and oxygen atoms in total. The van der Waals surface area contributed by atoms with Gasteiger partial charge in [0.25, 0.3) is 0 Å². The van der Waals surface area contributed by atoms with Crippen LogP contribution in [0.1, 0.15) is 40.0 Å². The van der Waals surface area contributed by atoms with Crippen molar-refractivity contribution in [1.82, 2.24) is 9.97 Å². The molecule has 1 aromatic rings. The van der Waals surface area contributed by atoms with Crippen molar-refractivity contribution in [1.29, 1.82) is 0 Å². The third-order valence-electron chi connectivity index (χ3n) is 5.30. The molecule has 0 saturated carbocycles. The molecule has 2 saturated heterocycles. The van der Waals surface area contributed by atoms with Gasteiger partial charge >= 0.3 is 5.69 Å². The van der Waals surface area contributed by atoms with Gasteiger partial charge in [0.15, 0.2) is 0 Å². The summed E-state index contributed by atoms with van der Waals surface area (Å²) in [6.45, 7) is 9.84. The first-order valence-electron chi connectivity index (χ1n) is 9.17. The minimum absolute atomic E-state index is 0.0329. The molecule has 0 radical (unpaired) electrons. The topological polar surface area (TPSA) is 101 Å². The third kappa shape index (κ3) is 3.77. The van der Waals surface area contributed by atoms with E-state index in [4.69, 9.17) is 5.73 Å². The first kappa shape index (κ1) is 17.7. The lowest BCUT2D eigenvalue weighted by Gasteiger charge is -2.36. The summed E-state index contributed by atoms with van der Waals surface area (Å²) in [5.41, 5.74) is 5.83. The lowest BCUT2D eigenvalue weighted by molar-refractivity contribution is -0.383. The van der Waals surface area contributed by atoms with Crippen molar-refractivity contribution in [2.75, 3.05) is 41.7 Å². The van der Waals surface area contributed by atoms with Gasteiger partial charge < -0.3 is 15.5 Å². The molecular formula is C17H28N6O2. The van der Waals surface area contributed by atoms with Crippen LogP contribution in [0.4, 0.5) is 23.3 Å². The number of hydrogen-bond acceptors (Lipinski definition) is 7. The van der Waals surface area contributed by atoms with Crippen molar-refractivity contribution >= 4 is 23.3 Å². The fourth-order valence-electron chi connectivity index (χ4n) is 4.03. The van der Waals surface area contributed by atoms with Gasteiger partial charge in [0.05, 0.1) is 4.92 Å². The van der Waals surface area contributed by atoms with Crippen LogP contribution in [0.5, 0.6) is 0 Å². The first-order valence-corrected chi connectivity index (χ1v) is 9.17. The van der Waals surface area contributed by atoms with E-state index < -0.39 is 4.92 Å². The van der Waals surface area contributed by atoms with Crippen LogP contribution in [0.2, 0.25) is 0 Å². The quantitative estimate of drug-likeness (QED) is 0.662. The van der Waals surface area contributed by atoms with E-state index in [1.807, 2.05) is 4.90 Å². The third-order valence-corrected chi connectivity index (χ3v) is 5.30. The molecule has 138 valence electrons. The number of hydrogen-bond donors (Lipinski definition) is 1. The number of anilines is 3. The van der Waals surface area contributed by atoms with Gasteiger partial charge in [-0.05, 0) is 37.0 Å². The van der Waals surface area contributed by atoms with Gasteiger partial charge in [0.2, 0.25) is 17.6 Å². The molecule has 25 heavy (non-hydrogen) atoms. The maximum absolute atomic E-state index is 11.6. The van der Waals surface area contributed by atoms with Gasteiger partial charge in [-0.1, -0.05) is 20.8 Å². The molecular weight excluding hydrogens is 320 g/mol. The average molecular weight is 348 g/mol. The predicted octanol–water partition coefficient (Wildman–Crippen LogP) is 2.69. The van der Waals surface area contributed by atoms with E-state index in [1.165, 1.54) is 0 Å². The Labute approximate surface area is 148 Å². The molecule has 3 rings (SSSR count). The largest absolute Gasteiger partial charge is 0.378 e. The van der Waals surface area contributed by atoms with Gasteiger partial charge in [-0.3, -0.25) is 10.1 Å². The van der Waals surface area contributed by atoms with Crippen LogP contribution in [0.3, 0.4) is 0 Å². The summed E-state index contributed by atoms with van der Waals surface area (Å²) < 4.78 is 0. The summed E-state index contributed by atoms with van der Waals surface area (Å²) in [6.07, 6.45) is 3.28. The minimum Gasteiger partial charge on any atom is -0.378 e. The lowest BCUT2D eigenvalue weighted by atomic mass is 9.92. The highest BCUT2D eigenvalue weighted by Gasteiger charge is 2.32. The molecule has 3 heterocycles. The van der Waals surface area contributed by atoms with Crippen molar-refractivity contribution in [2.45, 2.75) is 40.0 Å². The SMILES string of the molecule is CC1CCN(c2nc(N)c([N+](=O)[O-])c(N3C[C@@H](C)C[C@H](C)C3)n2)CC1. The second-order valence-electron chi connectivity index (χ2n) is 7.86. The van der Waals surface area contributed by atoms with Crippen LogP contribution < -0.4 is 15.5 Å². The standard InChI is InChI=1S/C17H28N6O2/c1-11-4-6-21(7-5-11)17-19-15(18)14(23(24)25)16(20-17)22-9-12(2)8-13(3)10-22/h11-13H,4-10H2,1-3H3,(H2,18,19,20)/t12-,13-/m0/s1. The fraction of sp³-hybridized carbons (Fsp3) is 0.765. The molecule has 2 aliphatic rings. The summed E-state index contributed by atoms with van der Waals surface area (Å²) in [4.78, 5) is 24.1. The van der Waals surface area contributed by atoms with E-state index >= 15 is 0 Å². The number of rotatable bonds is 3. The highest BCUT2D eigenvalue weighted by molar-refractivity contribution is 5.71. The zero-order chi connectivity index (χ0) is 18.1. The smallest absolute Gasteiger partial charge is 0.353 e. The summed E-state index contributed by atoms with van der Waals surface area (Å²) in [5, 5.41) is 11.6. The maximum atomic E-state index is 11.6. The molecule has 2 fully saturated rings. The van der Waals surface area contributed by atoms with Gasteiger partial charge in [-0.15, -0.1) is 0 Å². The molecule has 8 heteroatoms. The highest BCUT2D eigenvalue weighted by atomic mass is 16.6. The Kier molecular flexibility index (Phi) is 4.96. The number of nitro groups is 1. The van der Waals surface area contributed by atoms with Gasteiger partial charge in [-0.2, -0.15) is 9.97 Å². The molecule has 0 aliphatic carbocycles. The van der Waals surface area contributed by atoms with Crippen LogP contribution in [-0.4, -0.2) is 41.1 Å². The average Bonchev–Trinajstić information content (AvgIpc) is 2.53. The van der Waals surface area contributed by atoms with Crippen molar-refractivity contribution in [2.24, 2.45) is 17.8 Å². The van der Waals surface area contributed by atoms with E-state index in [-0.39, 0.29) is 11.5 Å². The number of nitrogens with two attached hydrogens (primary N) is 1. The normalized spacial score (nSPS) is 25.2. The molecule has 2 N–H and O–H groups in total. The van der Waals surface area contributed by atoms with Crippen molar-refractivity contribution in [3.8, 4) is 0 Å². The highest BCUT2D eigenvalue weighted by Crippen LogP contribution is 2.36. The molecule has 0 bridgehead atoms. The van der Waals surface area contributed by atoms with Crippen molar-refractivity contribution < 1.29 is 4.92 Å². The minimum atomic E-state index is -0.448. The molecule has 0 amide bonds. The van der Waals surface area contributed by atoms with E-state index in [2.05, 4.69) is 35.6 Å². The number of piperidine rings is 2. The molecule has 2 aliphatic heterocycles. The Hall–Kier alpha value is -2.12. The Balaban J connectivity index is 1.97. The van der Waals surface area contributed by atoms with Crippen molar-refractivity contribution in [3.63, 3.8) is 0 Å². The molecule has 0 unspecified atom stereocenters. The molecule has 1 aromatic heterocycles. The van der Waals surface area contributed by atoms with Crippen LogP contribution in [0, 0.1) is 27.9 Å². The van der Waals surface area contributed by atoms with E-state index in [9.17, 15) is 10.1 Å². The Morgan fingerprint density at radius 1 is 1.04 bits per heavy atom. The zero-order valence-corrected chi connectivity index (χ0v) is 15.3. The monoisotopic (exact) mass is 348 g/mol. The first-order chi connectivity index (χ1) is 11.8. The Morgan fingerprint density at radius 2 is 1.64 bits per heavy atom. The van der Waals surface area contributed by atoms with E-state index in [0.717, 1.165) is 45.4 Å². The summed E-state index contributed by atoms with van der Waals surface area (Å²) >= 11 is 0. The second kappa shape index (κ2) is 7.01. The Morgan fingerprint density at radius 3 is 2.20 bits per heavy atom. The van der Waals surface area contributed by atoms with Crippen molar-refractivity contribution in [3.05, 3.63) is 10.1 Å². The fourth-order valence-corrected chi connectivity index (χ4v) is 4.03. The zero-order valence-electron chi connectivity index (χ0n) is 15.3. The van der Waals surface area contributed by atoms with E-state index in [1.54, 1.807) is 0 Å². The van der Waals surface area contributed by atoms with Gasteiger partial charge in [0.1, 0.15) is 0 Å². The lowest BCUT2D eigenvalue weighted by Crippen LogP contribution is -2.40. The number of nitrogens with zero attached hydrogens (tertiary/aromatic N) is 5. The number of nitrogen functional groups attached to an aromatic ring is 1. The molecule has 0 aromatic carbocycles. The van der Waals surface area contributed by atoms with Crippen LogP contribution >= 0.6 is 0 Å². The molecule has 2 atom stereocenters. The van der Waals surface area contributed by atoms with Crippen LogP contribution in [0.15, 0.2) is 0 Å². The van der Waals surface area contributed by atoms with Crippen LogP contribution in [-0.2, 0) is 0 Å². The van der Waals surface area contributed by atoms with Crippen LogP contribution in [0.25, 0.3) is 0 Å². The summed E-state index contributed by atoms with van der Waals surface area (Å²) in [6, 6.07) is 0. The van der Waals surface area contributed by atoms with Gasteiger partial charge in [0, 0.05) is 26.2 Å². The summed E-state index contributed by atoms with van der Waals surface area (Å²) in [7, 11) is 0. The maximum Gasteiger partial charge on any atom is 0.353 e. The summed E-state index contributed by atoms with van der Waals surface area (Å²) in [5.74, 6) is 2.50. The molecule has 0 spiro atoms. The van der Waals surface area contributed by atoms with Gasteiger partial charge in [-0.25, -0.2) is 0 Å². The number of aromatic nitrogens is 2. The Bertz CT molecular complexity index is 634. The van der Waals surface area contributed by atoms with E-state index in [0.29, 0.717) is 29.5 Å². The second-order valence-corrected chi connectivity index (χ2v) is 7.86. The predicted molar refractivity (Wildman–Crippen MR) is 98.9 cm³/mol.